The zero-order chi connectivity index (χ0) is 15.4. The Morgan fingerprint density at radius 3 is 2.57 bits per heavy atom. The lowest BCUT2D eigenvalue weighted by Gasteiger charge is -2.14. The summed E-state index contributed by atoms with van der Waals surface area (Å²) in [5.41, 5.74) is 0.908. The highest BCUT2D eigenvalue weighted by Gasteiger charge is 2.19. The summed E-state index contributed by atoms with van der Waals surface area (Å²) in [4.78, 5) is 0. The van der Waals surface area contributed by atoms with Crippen molar-refractivity contribution in [2.24, 2.45) is 0 Å². The molecule has 0 N–H and O–H groups in total. The minimum Gasteiger partial charge on any atom is -0.496 e. The zero-order valence-corrected chi connectivity index (χ0v) is 12.6. The quantitative estimate of drug-likeness (QED) is 0.835. The van der Waals surface area contributed by atoms with Crippen LogP contribution in [0.1, 0.15) is 23.3 Å². The van der Waals surface area contributed by atoms with Crippen molar-refractivity contribution in [1.82, 2.24) is 0 Å². The van der Waals surface area contributed by atoms with Gasteiger partial charge < -0.3 is 4.74 Å². The van der Waals surface area contributed by atoms with Gasteiger partial charge in [0, 0.05) is 21.9 Å². The van der Waals surface area contributed by atoms with Crippen LogP contribution < -0.4 is 4.74 Å². The van der Waals surface area contributed by atoms with Crippen molar-refractivity contribution in [2.45, 2.75) is 17.9 Å². The van der Waals surface area contributed by atoms with Gasteiger partial charge in [-0.2, -0.15) is 0 Å². The van der Waals surface area contributed by atoms with Crippen LogP contribution in [0.25, 0.3) is 0 Å². The predicted octanol–water partition coefficient (Wildman–Crippen LogP) is 3.98. The Balaban J connectivity index is 2.22. The second-order valence-corrected chi connectivity index (χ2v) is 6.40. The van der Waals surface area contributed by atoms with E-state index >= 15 is 0 Å². The number of hydrogen-bond acceptors (Lipinski definition) is 2. The monoisotopic (exact) mass is 310 g/mol. The van der Waals surface area contributed by atoms with Gasteiger partial charge in [-0.05, 0) is 31.2 Å². The Morgan fingerprint density at radius 1 is 1.19 bits per heavy atom. The smallest absolute Gasteiger partial charge is 0.127 e. The van der Waals surface area contributed by atoms with E-state index in [1.54, 1.807) is 25.1 Å². The zero-order valence-electron chi connectivity index (χ0n) is 11.8. The molecule has 0 aromatic heterocycles. The van der Waals surface area contributed by atoms with E-state index in [-0.39, 0.29) is 11.6 Å². The molecule has 0 spiro atoms. The lowest BCUT2D eigenvalue weighted by atomic mass is 10.1. The normalized spacial score (nSPS) is 13.7. The Kier molecular flexibility index (Phi) is 5.07. The van der Waals surface area contributed by atoms with Crippen LogP contribution in [0.15, 0.2) is 42.5 Å². The van der Waals surface area contributed by atoms with E-state index in [9.17, 15) is 13.0 Å². The molecule has 2 nitrogen and oxygen atoms in total. The van der Waals surface area contributed by atoms with Crippen molar-refractivity contribution in [2.75, 3.05) is 7.11 Å². The number of hydrogen-bond donors (Lipinski definition) is 0. The lowest BCUT2D eigenvalue weighted by Crippen LogP contribution is -2.08. The summed E-state index contributed by atoms with van der Waals surface area (Å²) in [5, 5.41) is -0.487. The Hall–Kier alpha value is -1.75. The van der Waals surface area contributed by atoms with Gasteiger partial charge in [-0.25, -0.2) is 8.78 Å². The molecule has 0 heterocycles. The molecule has 0 radical (unpaired) electrons. The summed E-state index contributed by atoms with van der Waals surface area (Å²) in [7, 11) is 0.0883. The molecule has 0 bridgehead atoms. The van der Waals surface area contributed by atoms with Crippen LogP contribution in [-0.2, 0) is 16.6 Å². The fourth-order valence-corrected chi connectivity index (χ4v) is 3.34. The molecule has 2 aromatic rings. The van der Waals surface area contributed by atoms with Crippen LogP contribution in [0.3, 0.4) is 0 Å². The van der Waals surface area contributed by atoms with E-state index in [1.807, 2.05) is 0 Å². The number of methoxy groups -OCH3 is 1. The number of ether oxygens (including phenoxy) is 1. The highest BCUT2D eigenvalue weighted by Crippen LogP contribution is 2.27. The van der Waals surface area contributed by atoms with E-state index in [1.165, 1.54) is 31.4 Å². The standard InChI is InChI=1S/C16H16F2O2S/c1-11(14-5-3-4-6-15(14)18)21(19)10-12-9-13(17)7-8-16(12)20-2/h3-9,11H,10H2,1-2H3/t11-,21+/m1/s1. The molecule has 2 atom stereocenters. The molecule has 0 aliphatic carbocycles. The van der Waals surface area contributed by atoms with Gasteiger partial charge in [0.2, 0.25) is 0 Å². The molecule has 2 rings (SSSR count). The van der Waals surface area contributed by atoms with Crippen molar-refractivity contribution < 1.29 is 17.7 Å². The maximum absolute atomic E-state index is 13.7. The summed E-state index contributed by atoms with van der Waals surface area (Å²) in [6.07, 6.45) is 0. The summed E-state index contributed by atoms with van der Waals surface area (Å²) >= 11 is 0. The van der Waals surface area contributed by atoms with Gasteiger partial charge in [0.15, 0.2) is 0 Å². The van der Waals surface area contributed by atoms with E-state index in [0.29, 0.717) is 16.9 Å². The molecule has 5 heteroatoms. The van der Waals surface area contributed by atoms with Gasteiger partial charge >= 0.3 is 0 Å². The van der Waals surface area contributed by atoms with E-state index in [0.717, 1.165) is 0 Å². The van der Waals surface area contributed by atoms with Crippen LogP contribution in [0.2, 0.25) is 0 Å². The lowest BCUT2D eigenvalue weighted by molar-refractivity contribution is 0.410. The summed E-state index contributed by atoms with van der Waals surface area (Å²) in [6.45, 7) is 1.69. The Morgan fingerprint density at radius 2 is 1.90 bits per heavy atom. The van der Waals surface area contributed by atoms with Gasteiger partial charge in [-0.1, -0.05) is 18.2 Å². The third kappa shape index (κ3) is 3.67. The molecular formula is C16H16F2O2S. The minimum absolute atomic E-state index is 0.108. The average molecular weight is 310 g/mol. The van der Waals surface area contributed by atoms with Crippen molar-refractivity contribution in [3.63, 3.8) is 0 Å². The van der Waals surface area contributed by atoms with Gasteiger partial charge in [0.1, 0.15) is 17.4 Å². The first kappa shape index (κ1) is 15.6. The first-order chi connectivity index (χ1) is 10.0. The maximum Gasteiger partial charge on any atom is 0.127 e. The Bertz CT molecular complexity index is 658. The number of benzene rings is 2. The van der Waals surface area contributed by atoms with E-state index in [2.05, 4.69) is 0 Å². The highest BCUT2D eigenvalue weighted by molar-refractivity contribution is 7.84. The van der Waals surface area contributed by atoms with Crippen LogP contribution >= 0.6 is 0 Å². The maximum atomic E-state index is 13.7. The third-order valence-corrected chi connectivity index (χ3v) is 4.92. The number of halogens is 2. The fourth-order valence-electron chi connectivity index (χ4n) is 2.08. The molecule has 112 valence electrons. The topological polar surface area (TPSA) is 26.3 Å². The van der Waals surface area contributed by atoms with Crippen molar-refractivity contribution in [3.8, 4) is 5.75 Å². The fraction of sp³-hybridized carbons (Fsp3) is 0.250. The highest BCUT2D eigenvalue weighted by atomic mass is 32.2. The van der Waals surface area contributed by atoms with Gasteiger partial charge in [0.05, 0.1) is 18.1 Å². The van der Waals surface area contributed by atoms with Gasteiger partial charge in [0.25, 0.3) is 0 Å². The predicted molar refractivity (Wildman–Crippen MR) is 79.6 cm³/mol. The summed E-state index contributed by atoms with van der Waals surface area (Å²) in [5.74, 6) is -0.215. The van der Waals surface area contributed by atoms with Gasteiger partial charge in [-0.3, -0.25) is 4.21 Å². The average Bonchev–Trinajstić information content (AvgIpc) is 2.47. The molecule has 0 unspecified atom stereocenters. The molecule has 0 saturated carbocycles. The van der Waals surface area contributed by atoms with Crippen molar-refractivity contribution >= 4 is 10.8 Å². The molecule has 0 amide bonds. The molecule has 0 aliphatic rings. The van der Waals surface area contributed by atoms with E-state index < -0.39 is 21.9 Å². The minimum atomic E-state index is -1.38. The first-order valence-electron chi connectivity index (χ1n) is 6.47. The van der Waals surface area contributed by atoms with Crippen LogP contribution in [0.5, 0.6) is 5.75 Å². The Labute approximate surface area is 125 Å². The third-order valence-electron chi connectivity index (χ3n) is 3.28. The largest absolute Gasteiger partial charge is 0.496 e. The second kappa shape index (κ2) is 6.80. The SMILES string of the molecule is COc1ccc(F)cc1C[S@](=O)[C@H](C)c1ccccc1F. The molecular weight excluding hydrogens is 294 g/mol. The van der Waals surface area contributed by atoms with Crippen LogP contribution in [0.4, 0.5) is 8.78 Å². The van der Waals surface area contributed by atoms with Crippen molar-refractivity contribution in [3.05, 3.63) is 65.2 Å². The van der Waals surface area contributed by atoms with Crippen molar-refractivity contribution in [1.29, 1.82) is 0 Å². The van der Waals surface area contributed by atoms with E-state index in [4.69, 9.17) is 4.74 Å². The number of rotatable bonds is 5. The molecule has 0 aliphatic heterocycles. The first-order valence-corrected chi connectivity index (χ1v) is 7.85. The molecule has 21 heavy (non-hydrogen) atoms. The summed E-state index contributed by atoms with van der Waals surface area (Å²) < 4.78 is 44.6. The molecule has 0 fully saturated rings. The molecule has 0 saturated heterocycles. The summed E-state index contributed by atoms with van der Waals surface area (Å²) in [6, 6.07) is 10.3. The van der Waals surface area contributed by atoms with Crippen LogP contribution in [0, 0.1) is 11.6 Å². The molecule has 2 aromatic carbocycles. The van der Waals surface area contributed by atoms with Gasteiger partial charge in [-0.15, -0.1) is 0 Å². The second-order valence-electron chi connectivity index (χ2n) is 4.64. The van der Waals surface area contributed by atoms with Crippen LogP contribution in [-0.4, -0.2) is 11.3 Å².